The van der Waals surface area contributed by atoms with Gasteiger partial charge in [-0.3, -0.25) is 4.79 Å². The minimum absolute atomic E-state index is 0.0311. The van der Waals surface area contributed by atoms with Crippen molar-refractivity contribution in [3.63, 3.8) is 0 Å². The smallest absolute Gasteiger partial charge is 0.238 e. The van der Waals surface area contributed by atoms with Gasteiger partial charge in [-0.25, -0.2) is 10.0 Å². The van der Waals surface area contributed by atoms with Crippen molar-refractivity contribution in [2.45, 2.75) is 38.1 Å². The van der Waals surface area contributed by atoms with Crippen molar-refractivity contribution in [3.05, 3.63) is 0 Å². The number of rotatable bonds is 2. The third-order valence-electron chi connectivity index (χ3n) is 3.85. The summed E-state index contributed by atoms with van der Waals surface area (Å²) in [6.45, 7) is 2.63. The second-order valence-corrected chi connectivity index (χ2v) is 4.91. The van der Waals surface area contributed by atoms with Crippen LogP contribution < -0.4 is 5.32 Å². The third-order valence-corrected chi connectivity index (χ3v) is 3.85. The van der Waals surface area contributed by atoms with Crippen LogP contribution in [-0.2, 0) is 4.79 Å². The second-order valence-electron chi connectivity index (χ2n) is 4.91. The molecule has 1 amide bonds. The minimum Gasteiger partial charge on any atom is -0.411 e. The number of nitrogens with zero attached hydrogens (tertiary/aromatic N) is 3. The number of likely N-dealkylation sites (N-methyl/N-ethyl adjacent to an activating group) is 1. The molecule has 2 fully saturated rings. The number of amides is 1. The van der Waals surface area contributed by atoms with Crippen LogP contribution in [0.25, 0.3) is 0 Å². The van der Waals surface area contributed by atoms with Crippen LogP contribution in [0.3, 0.4) is 0 Å². The molecule has 18 heavy (non-hydrogen) atoms. The van der Waals surface area contributed by atoms with Gasteiger partial charge in [0.05, 0.1) is 5.71 Å². The number of carbonyl (C=O) groups is 1. The van der Waals surface area contributed by atoms with Crippen molar-refractivity contribution in [3.8, 4) is 0 Å². The van der Waals surface area contributed by atoms with Crippen LogP contribution >= 0.6 is 0 Å². The lowest BCUT2D eigenvalue weighted by atomic mass is 10.0. The summed E-state index contributed by atoms with van der Waals surface area (Å²) in [6, 6.07) is -0.0311. The first-order valence-electron chi connectivity index (χ1n) is 6.69. The van der Waals surface area contributed by atoms with Crippen molar-refractivity contribution in [2.75, 3.05) is 26.7 Å². The van der Waals surface area contributed by atoms with Crippen LogP contribution in [0.15, 0.2) is 5.16 Å². The number of hydrogen-bond acceptors (Lipinski definition) is 5. The van der Waals surface area contributed by atoms with E-state index in [0.29, 0.717) is 0 Å². The minimum atomic E-state index is -0.0311. The van der Waals surface area contributed by atoms with Gasteiger partial charge in [0.2, 0.25) is 5.91 Å². The van der Waals surface area contributed by atoms with Crippen molar-refractivity contribution in [2.24, 2.45) is 5.16 Å². The van der Waals surface area contributed by atoms with E-state index >= 15 is 0 Å². The lowest BCUT2D eigenvalue weighted by Crippen LogP contribution is -2.58. The Morgan fingerprint density at radius 3 is 2.67 bits per heavy atom. The van der Waals surface area contributed by atoms with Gasteiger partial charge in [-0.1, -0.05) is 5.16 Å². The van der Waals surface area contributed by atoms with E-state index in [1.165, 1.54) is 0 Å². The molecule has 0 aromatic carbocycles. The molecule has 2 heterocycles. The zero-order valence-electron chi connectivity index (χ0n) is 10.9. The molecular formula is C12H22N4O2. The van der Waals surface area contributed by atoms with Gasteiger partial charge in [0.1, 0.15) is 6.04 Å². The fourth-order valence-corrected chi connectivity index (χ4v) is 2.80. The van der Waals surface area contributed by atoms with Gasteiger partial charge >= 0.3 is 0 Å². The average molecular weight is 254 g/mol. The summed E-state index contributed by atoms with van der Waals surface area (Å²) in [5.74, 6) is 0.108. The number of oxime groups is 1. The lowest BCUT2D eigenvalue weighted by Gasteiger charge is -2.43. The maximum absolute atomic E-state index is 11.9. The first-order chi connectivity index (χ1) is 8.76. The first kappa shape index (κ1) is 13.3. The maximum atomic E-state index is 11.9. The molecule has 102 valence electrons. The van der Waals surface area contributed by atoms with Crippen LogP contribution in [-0.4, -0.2) is 59.6 Å². The van der Waals surface area contributed by atoms with E-state index in [0.717, 1.165) is 57.5 Å². The fraction of sp³-hybridized carbons (Fsp3) is 0.833. The van der Waals surface area contributed by atoms with Crippen LogP contribution in [0.1, 0.15) is 32.1 Å². The van der Waals surface area contributed by atoms with Gasteiger partial charge in [-0.2, -0.15) is 0 Å². The predicted molar refractivity (Wildman–Crippen MR) is 68.4 cm³/mol. The molecule has 0 bridgehead atoms. The van der Waals surface area contributed by atoms with Crippen molar-refractivity contribution in [1.82, 2.24) is 15.3 Å². The van der Waals surface area contributed by atoms with Gasteiger partial charge < -0.3 is 10.5 Å². The molecule has 0 aromatic rings. The summed E-state index contributed by atoms with van der Waals surface area (Å²) in [6.07, 6.45) is 4.76. The van der Waals surface area contributed by atoms with Crippen LogP contribution in [0.4, 0.5) is 0 Å². The van der Waals surface area contributed by atoms with Gasteiger partial charge in [-0.05, 0) is 19.3 Å². The molecule has 2 saturated heterocycles. The summed E-state index contributed by atoms with van der Waals surface area (Å²) in [4.78, 5) is 11.9. The Kier molecular flexibility index (Phi) is 4.54. The molecule has 0 aliphatic carbocycles. The summed E-state index contributed by atoms with van der Waals surface area (Å²) in [5.41, 5.74) is 0.861. The summed E-state index contributed by atoms with van der Waals surface area (Å²) in [7, 11) is 1.70. The molecule has 2 rings (SSSR count). The zero-order chi connectivity index (χ0) is 13.0. The van der Waals surface area contributed by atoms with Gasteiger partial charge in [0.25, 0.3) is 0 Å². The monoisotopic (exact) mass is 254 g/mol. The Bertz CT molecular complexity index is 322. The quantitative estimate of drug-likeness (QED) is 0.554. The number of carbonyl (C=O) groups excluding carboxylic acids is 1. The Morgan fingerprint density at radius 2 is 2.06 bits per heavy atom. The molecule has 1 atom stereocenters. The zero-order valence-corrected chi connectivity index (χ0v) is 10.9. The van der Waals surface area contributed by atoms with Crippen LogP contribution in [0, 0.1) is 0 Å². The molecule has 2 aliphatic heterocycles. The van der Waals surface area contributed by atoms with Crippen molar-refractivity contribution < 1.29 is 10.0 Å². The Morgan fingerprint density at radius 1 is 1.33 bits per heavy atom. The number of nitrogens with one attached hydrogen (secondary N) is 1. The Labute approximate surface area is 108 Å². The van der Waals surface area contributed by atoms with E-state index in [1.54, 1.807) is 7.05 Å². The number of piperidine rings is 2. The van der Waals surface area contributed by atoms with Crippen molar-refractivity contribution in [1.29, 1.82) is 0 Å². The summed E-state index contributed by atoms with van der Waals surface area (Å²) in [5, 5.41) is 19.2. The Hall–Kier alpha value is -1.14. The highest BCUT2D eigenvalue weighted by molar-refractivity contribution is 5.85. The summed E-state index contributed by atoms with van der Waals surface area (Å²) >= 11 is 0. The van der Waals surface area contributed by atoms with E-state index in [1.807, 2.05) is 0 Å². The number of hydrazine groups is 1. The lowest BCUT2D eigenvalue weighted by molar-refractivity contribution is -0.140. The maximum Gasteiger partial charge on any atom is 0.238 e. The third kappa shape index (κ3) is 2.81. The topological polar surface area (TPSA) is 68.2 Å². The molecule has 6 heteroatoms. The molecular weight excluding hydrogens is 232 g/mol. The van der Waals surface area contributed by atoms with Gasteiger partial charge in [0.15, 0.2) is 0 Å². The highest BCUT2D eigenvalue weighted by Gasteiger charge is 2.33. The van der Waals surface area contributed by atoms with Gasteiger partial charge in [-0.15, -0.1) is 0 Å². The number of hydrogen-bond donors (Lipinski definition) is 2. The largest absolute Gasteiger partial charge is 0.411 e. The van der Waals surface area contributed by atoms with E-state index in [2.05, 4.69) is 20.5 Å². The Balaban J connectivity index is 1.99. The highest BCUT2D eigenvalue weighted by atomic mass is 16.4. The molecule has 0 aromatic heterocycles. The standard InChI is InChI=1S/C12H22N4O2/c1-13-12(17)11-4-2-3-7-16(11)15-8-5-10(14-18)6-9-15/h11,18H,2-9H2,1H3,(H,13,17). The molecule has 6 nitrogen and oxygen atoms in total. The normalized spacial score (nSPS) is 26.9. The molecule has 0 spiro atoms. The SMILES string of the molecule is CNC(=O)C1CCCCN1N1CCC(=NO)CC1. The van der Waals surface area contributed by atoms with E-state index in [4.69, 9.17) is 5.21 Å². The van der Waals surface area contributed by atoms with E-state index in [-0.39, 0.29) is 11.9 Å². The van der Waals surface area contributed by atoms with E-state index < -0.39 is 0 Å². The average Bonchev–Trinajstić information content (AvgIpc) is 2.46. The highest BCUT2D eigenvalue weighted by Crippen LogP contribution is 2.21. The van der Waals surface area contributed by atoms with Crippen LogP contribution in [0.5, 0.6) is 0 Å². The predicted octanol–water partition coefficient (Wildman–Crippen LogP) is 0.428. The fourth-order valence-electron chi connectivity index (χ4n) is 2.80. The molecule has 2 N–H and O–H groups in total. The molecule has 0 saturated carbocycles. The molecule has 0 radical (unpaired) electrons. The van der Waals surface area contributed by atoms with Crippen LogP contribution in [0.2, 0.25) is 0 Å². The van der Waals surface area contributed by atoms with E-state index in [9.17, 15) is 4.79 Å². The first-order valence-corrected chi connectivity index (χ1v) is 6.69. The van der Waals surface area contributed by atoms with Gasteiger partial charge in [0, 0.05) is 39.5 Å². The summed E-state index contributed by atoms with van der Waals surface area (Å²) < 4.78 is 0. The molecule has 2 aliphatic rings. The second kappa shape index (κ2) is 6.15. The molecule has 1 unspecified atom stereocenters. The van der Waals surface area contributed by atoms with Crippen molar-refractivity contribution >= 4 is 11.6 Å².